The molecule has 4 nitrogen and oxygen atoms in total. The van der Waals surface area contributed by atoms with Crippen LogP contribution in [0.1, 0.15) is 16.7 Å². The van der Waals surface area contributed by atoms with Gasteiger partial charge in [0.2, 0.25) is 5.91 Å². The molecule has 0 unspecified atom stereocenters. The smallest absolute Gasteiger partial charge is 0.246 e. The van der Waals surface area contributed by atoms with Gasteiger partial charge in [-0.1, -0.05) is 24.3 Å². The second kappa shape index (κ2) is 7.88. The van der Waals surface area contributed by atoms with E-state index in [1.54, 1.807) is 6.08 Å². The van der Waals surface area contributed by atoms with Crippen molar-refractivity contribution >= 4 is 12.0 Å². The Labute approximate surface area is 143 Å². The van der Waals surface area contributed by atoms with E-state index in [0.29, 0.717) is 0 Å². The average Bonchev–Trinajstić information content (AvgIpc) is 2.62. The minimum Gasteiger partial charge on any atom is -0.328 e. The molecule has 1 saturated heterocycles. The Morgan fingerprint density at radius 2 is 1.88 bits per heavy atom. The molecule has 2 aromatic rings. The molecule has 0 atom stereocenters. The number of quaternary nitrogens is 1. The highest BCUT2D eigenvalue weighted by molar-refractivity contribution is 5.92. The van der Waals surface area contributed by atoms with Crippen LogP contribution in [0, 0.1) is 6.92 Å². The highest BCUT2D eigenvalue weighted by atomic mass is 16.2. The number of aryl methyl sites for hydroxylation is 1. The third-order valence-corrected chi connectivity index (χ3v) is 4.58. The summed E-state index contributed by atoms with van der Waals surface area (Å²) in [6, 6.07) is 12.2. The number of carbonyl (C=O) groups is 1. The zero-order chi connectivity index (χ0) is 16.8. The number of aromatic nitrogens is 1. The van der Waals surface area contributed by atoms with Gasteiger partial charge in [-0.2, -0.15) is 0 Å². The topological polar surface area (TPSA) is 37.6 Å². The molecule has 1 amide bonds. The van der Waals surface area contributed by atoms with Gasteiger partial charge in [-0.3, -0.25) is 9.78 Å². The fraction of sp³-hybridized carbons (Fsp3) is 0.300. The Bertz CT molecular complexity index is 704. The van der Waals surface area contributed by atoms with Crippen LogP contribution in [-0.4, -0.2) is 42.0 Å². The minimum atomic E-state index is 0.112. The van der Waals surface area contributed by atoms with Crippen LogP contribution in [0.5, 0.6) is 0 Å². The summed E-state index contributed by atoms with van der Waals surface area (Å²) in [6.45, 7) is 6.68. The van der Waals surface area contributed by atoms with E-state index >= 15 is 0 Å². The van der Waals surface area contributed by atoms with Crippen LogP contribution in [-0.2, 0) is 11.3 Å². The van der Waals surface area contributed by atoms with E-state index in [1.165, 1.54) is 16.0 Å². The SMILES string of the molecule is Cc1ccccc1/C=C/C(=O)N1CC[NH+](Cc2ccncc2)CC1. The zero-order valence-electron chi connectivity index (χ0n) is 14.1. The van der Waals surface area contributed by atoms with Gasteiger partial charge in [-0.05, 0) is 36.3 Å². The summed E-state index contributed by atoms with van der Waals surface area (Å²) < 4.78 is 0. The monoisotopic (exact) mass is 322 g/mol. The highest BCUT2D eigenvalue weighted by Gasteiger charge is 2.22. The van der Waals surface area contributed by atoms with Gasteiger partial charge < -0.3 is 9.80 Å². The van der Waals surface area contributed by atoms with Crippen LogP contribution < -0.4 is 4.90 Å². The van der Waals surface area contributed by atoms with Crippen molar-refractivity contribution in [3.8, 4) is 0 Å². The average molecular weight is 322 g/mol. The molecule has 0 spiro atoms. The number of piperazine rings is 1. The van der Waals surface area contributed by atoms with Crippen molar-refractivity contribution in [2.45, 2.75) is 13.5 Å². The fourth-order valence-electron chi connectivity index (χ4n) is 3.05. The molecular formula is C20H24N3O+. The molecule has 124 valence electrons. The number of hydrogen-bond acceptors (Lipinski definition) is 2. The van der Waals surface area contributed by atoms with Gasteiger partial charge in [0.05, 0.1) is 26.2 Å². The van der Waals surface area contributed by atoms with Crippen LogP contribution >= 0.6 is 0 Å². The first kappa shape index (κ1) is 16.4. The van der Waals surface area contributed by atoms with Gasteiger partial charge >= 0.3 is 0 Å². The molecule has 4 heteroatoms. The number of rotatable bonds is 4. The molecule has 1 aromatic carbocycles. The van der Waals surface area contributed by atoms with Gasteiger partial charge in [0.15, 0.2) is 0 Å². The van der Waals surface area contributed by atoms with Crippen molar-refractivity contribution in [1.82, 2.24) is 9.88 Å². The van der Waals surface area contributed by atoms with Crippen molar-refractivity contribution in [1.29, 1.82) is 0 Å². The maximum Gasteiger partial charge on any atom is 0.246 e. The molecule has 3 rings (SSSR count). The summed E-state index contributed by atoms with van der Waals surface area (Å²) in [6.07, 6.45) is 7.31. The van der Waals surface area contributed by atoms with E-state index < -0.39 is 0 Å². The van der Waals surface area contributed by atoms with Crippen molar-refractivity contribution < 1.29 is 9.69 Å². The standard InChI is InChI=1S/C20H23N3O/c1-17-4-2-3-5-19(17)6-7-20(24)23-14-12-22(13-15-23)16-18-8-10-21-11-9-18/h2-11H,12-16H2,1H3/p+1/b7-6+. The van der Waals surface area contributed by atoms with Crippen molar-refractivity contribution in [2.24, 2.45) is 0 Å². The Morgan fingerprint density at radius 1 is 1.17 bits per heavy atom. The summed E-state index contributed by atoms with van der Waals surface area (Å²) >= 11 is 0. The maximum absolute atomic E-state index is 12.4. The van der Waals surface area contributed by atoms with Crippen LogP contribution in [0.4, 0.5) is 0 Å². The summed E-state index contributed by atoms with van der Waals surface area (Å²) in [7, 11) is 0. The molecule has 1 aliphatic heterocycles. The molecule has 0 aliphatic carbocycles. The first-order chi connectivity index (χ1) is 11.7. The summed E-state index contributed by atoms with van der Waals surface area (Å²) in [5.41, 5.74) is 3.60. The minimum absolute atomic E-state index is 0.112. The van der Waals surface area contributed by atoms with E-state index in [2.05, 4.69) is 30.1 Å². The molecule has 0 saturated carbocycles. The molecule has 1 aliphatic rings. The quantitative estimate of drug-likeness (QED) is 0.863. The van der Waals surface area contributed by atoms with Gasteiger partial charge in [-0.15, -0.1) is 0 Å². The van der Waals surface area contributed by atoms with E-state index in [-0.39, 0.29) is 5.91 Å². The Kier molecular flexibility index (Phi) is 5.39. The van der Waals surface area contributed by atoms with E-state index in [9.17, 15) is 4.79 Å². The molecule has 0 bridgehead atoms. The molecule has 1 fully saturated rings. The molecule has 2 heterocycles. The Morgan fingerprint density at radius 3 is 2.58 bits per heavy atom. The number of benzene rings is 1. The summed E-state index contributed by atoms with van der Waals surface area (Å²) in [5.74, 6) is 0.112. The number of amides is 1. The second-order valence-electron chi connectivity index (χ2n) is 6.30. The lowest BCUT2D eigenvalue weighted by Gasteiger charge is -2.31. The highest BCUT2D eigenvalue weighted by Crippen LogP contribution is 2.09. The normalized spacial score (nSPS) is 15.8. The first-order valence-electron chi connectivity index (χ1n) is 8.47. The van der Waals surface area contributed by atoms with E-state index in [1.807, 2.05) is 41.6 Å². The molecule has 0 radical (unpaired) electrons. The third-order valence-electron chi connectivity index (χ3n) is 4.58. The molecular weight excluding hydrogens is 298 g/mol. The molecule has 1 N–H and O–H groups in total. The number of nitrogens with one attached hydrogen (secondary N) is 1. The van der Waals surface area contributed by atoms with Crippen molar-refractivity contribution in [2.75, 3.05) is 26.2 Å². The lowest BCUT2D eigenvalue weighted by atomic mass is 10.1. The first-order valence-corrected chi connectivity index (χ1v) is 8.47. The van der Waals surface area contributed by atoms with Crippen LogP contribution in [0.25, 0.3) is 6.08 Å². The number of nitrogens with zero attached hydrogens (tertiary/aromatic N) is 2. The number of carbonyl (C=O) groups excluding carboxylic acids is 1. The lowest BCUT2D eigenvalue weighted by molar-refractivity contribution is -0.917. The largest absolute Gasteiger partial charge is 0.328 e. The van der Waals surface area contributed by atoms with Crippen molar-refractivity contribution in [3.63, 3.8) is 0 Å². The predicted octanol–water partition coefficient (Wildman–Crippen LogP) is 1.33. The van der Waals surface area contributed by atoms with Crippen LogP contribution in [0.15, 0.2) is 54.9 Å². The lowest BCUT2D eigenvalue weighted by Crippen LogP contribution is -3.13. The second-order valence-corrected chi connectivity index (χ2v) is 6.30. The molecule has 1 aromatic heterocycles. The van der Waals surface area contributed by atoms with E-state index in [4.69, 9.17) is 0 Å². The zero-order valence-corrected chi connectivity index (χ0v) is 14.1. The molecule has 24 heavy (non-hydrogen) atoms. The Hall–Kier alpha value is -2.46. The van der Waals surface area contributed by atoms with Gasteiger partial charge in [0.25, 0.3) is 0 Å². The van der Waals surface area contributed by atoms with Crippen LogP contribution in [0.2, 0.25) is 0 Å². The van der Waals surface area contributed by atoms with Crippen molar-refractivity contribution in [3.05, 3.63) is 71.6 Å². The van der Waals surface area contributed by atoms with E-state index in [0.717, 1.165) is 38.3 Å². The predicted molar refractivity (Wildman–Crippen MR) is 95.4 cm³/mol. The third kappa shape index (κ3) is 4.30. The van der Waals surface area contributed by atoms with Gasteiger partial charge in [0, 0.05) is 24.0 Å². The number of hydrogen-bond donors (Lipinski definition) is 1. The number of pyridine rings is 1. The maximum atomic E-state index is 12.4. The summed E-state index contributed by atoms with van der Waals surface area (Å²) in [5, 5.41) is 0. The summed E-state index contributed by atoms with van der Waals surface area (Å²) in [4.78, 5) is 19.9. The van der Waals surface area contributed by atoms with Gasteiger partial charge in [-0.25, -0.2) is 0 Å². The fourth-order valence-corrected chi connectivity index (χ4v) is 3.05. The van der Waals surface area contributed by atoms with Gasteiger partial charge in [0.1, 0.15) is 6.54 Å². The van der Waals surface area contributed by atoms with Crippen LogP contribution in [0.3, 0.4) is 0 Å². The Balaban J connectivity index is 1.51.